The Kier molecular flexibility index (Phi) is 6.75. The van der Waals surface area contributed by atoms with Crippen molar-refractivity contribution in [1.82, 2.24) is 15.3 Å². The molecule has 5 N–H and O–H groups in total. The van der Waals surface area contributed by atoms with E-state index in [1.165, 1.54) is 0 Å². The highest BCUT2D eigenvalue weighted by Crippen LogP contribution is 2.57. The average Bonchev–Trinajstić information content (AvgIpc) is 3.07. The summed E-state index contributed by atoms with van der Waals surface area (Å²) in [4.78, 5) is 9.82. The molecule has 1 saturated heterocycles. The van der Waals surface area contributed by atoms with Crippen molar-refractivity contribution in [3.05, 3.63) is 74.7 Å². The Labute approximate surface area is 226 Å². The number of hydrogen-bond acceptors (Lipinski definition) is 7. The molecule has 0 saturated carbocycles. The standard InChI is InChI=1S/C26H29Cl2N5O3S/c1-15-23(18-4-3-5-20(27)22(18)28)32-21(14-34)24(31-15)26(29)19-7-6-17(33-37(2,35)36)12-16(19)13-25(26)8-10-30-11-9-25/h3-7,12,30,33-34H,8-11,13-14,29H2,1-2H3/t26-/m0/s1. The van der Waals surface area contributed by atoms with Crippen LogP contribution in [-0.2, 0) is 28.6 Å². The third-order valence-electron chi connectivity index (χ3n) is 7.63. The van der Waals surface area contributed by atoms with Gasteiger partial charge in [-0.3, -0.25) is 9.71 Å². The summed E-state index contributed by atoms with van der Waals surface area (Å²) in [6.07, 6.45) is 3.37. The van der Waals surface area contributed by atoms with E-state index in [9.17, 15) is 13.5 Å². The van der Waals surface area contributed by atoms with Gasteiger partial charge in [-0.25, -0.2) is 13.4 Å². The molecule has 0 amide bonds. The summed E-state index contributed by atoms with van der Waals surface area (Å²) in [5.41, 5.74) is 11.0. The summed E-state index contributed by atoms with van der Waals surface area (Å²) < 4.78 is 26.3. The third kappa shape index (κ3) is 4.41. The molecule has 2 heterocycles. The van der Waals surface area contributed by atoms with Crippen LogP contribution in [0.25, 0.3) is 11.3 Å². The summed E-state index contributed by atoms with van der Waals surface area (Å²) in [6.45, 7) is 3.07. The van der Waals surface area contributed by atoms with E-state index < -0.39 is 15.6 Å². The molecule has 1 spiro atoms. The number of aryl methyl sites for hydroxylation is 1. The number of piperidine rings is 1. The third-order valence-corrected chi connectivity index (χ3v) is 9.06. The first-order valence-electron chi connectivity index (χ1n) is 12.0. The van der Waals surface area contributed by atoms with Crippen LogP contribution < -0.4 is 15.8 Å². The molecule has 1 aliphatic heterocycles. The van der Waals surface area contributed by atoms with Gasteiger partial charge < -0.3 is 16.2 Å². The van der Waals surface area contributed by atoms with Gasteiger partial charge in [0.25, 0.3) is 0 Å². The highest BCUT2D eigenvalue weighted by Gasteiger charge is 2.58. The Morgan fingerprint density at radius 2 is 1.89 bits per heavy atom. The van der Waals surface area contributed by atoms with Crippen LogP contribution in [0, 0.1) is 12.3 Å². The average molecular weight is 563 g/mol. The zero-order valence-corrected chi connectivity index (χ0v) is 22.9. The summed E-state index contributed by atoms with van der Waals surface area (Å²) in [5, 5.41) is 14.7. The molecular weight excluding hydrogens is 533 g/mol. The Hall–Kier alpha value is -2.27. The largest absolute Gasteiger partial charge is 0.390 e. The van der Waals surface area contributed by atoms with E-state index >= 15 is 0 Å². The number of nitrogens with two attached hydrogens (primary N) is 1. The van der Waals surface area contributed by atoms with Crippen LogP contribution in [0.1, 0.15) is 41.1 Å². The van der Waals surface area contributed by atoms with E-state index in [1.54, 1.807) is 18.2 Å². The molecule has 1 fully saturated rings. The van der Waals surface area contributed by atoms with Crippen molar-refractivity contribution in [2.24, 2.45) is 11.1 Å². The van der Waals surface area contributed by atoms with Gasteiger partial charge in [0.05, 0.1) is 51.2 Å². The molecule has 0 unspecified atom stereocenters. The Balaban J connectivity index is 1.71. The van der Waals surface area contributed by atoms with Crippen LogP contribution in [0.5, 0.6) is 0 Å². The van der Waals surface area contributed by atoms with E-state index in [2.05, 4.69) is 10.0 Å². The van der Waals surface area contributed by atoms with E-state index in [1.807, 2.05) is 25.1 Å². The first-order valence-corrected chi connectivity index (χ1v) is 14.7. The maximum Gasteiger partial charge on any atom is 0.229 e. The predicted molar refractivity (Wildman–Crippen MR) is 146 cm³/mol. The van der Waals surface area contributed by atoms with Crippen molar-refractivity contribution in [3.63, 3.8) is 0 Å². The highest BCUT2D eigenvalue weighted by atomic mass is 35.5. The molecule has 1 aromatic heterocycles. The summed E-state index contributed by atoms with van der Waals surface area (Å²) in [6, 6.07) is 10.8. The van der Waals surface area contributed by atoms with Gasteiger partial charge in [-0.2, -0.15) is 0 Å². The second-order valence-corrected chi connectivity index (χ2v) is 12.5. The van der Waals surface area contributed by atoms with Crippen LogP contribution in [0.3, 0.4) is 0 Å². The lowest BCUT2D eigenvalue weighted by molar-refractivity contribution is 0.114. The van der Waals surface area contributed by atoms with Gasteiger partial charge in [-0.15, -0.1) is 0 Å². The molecule has 0 bridgehead atoms. The van der Waals surface area contributed by atoms with Gasteiger partial charge in [0.1, 0.15) is 0 Å². The number of anilines is 1. The quantitative estimate of drug-likeness (QED) is 0.373. The minimum absolute atomic E-state index is 0.357. The Morgan fingerprint density at radius 3 is 2.57 bits per heavy atom. The van der Waals surface area contributed by atoms with Crippen molar-refractivity contribution < 1.29 is 13.5 Å². The molecule has 1 atom stereocenters. The first-order chi connectivity index (χ1) is 17.5. The Morgan fingerprint density at radius 1 is 1.16 bits per heavy atom. The van der Waals surface area contributed by atoms with Crippen molar-refractivity contribution in [2.75, 3.05) is 24.1 Å². The van der Waals surface area contributed by atoms with E-state index in [4.69, 9.17) is 38.9 Å². The maximum atomic E-state index is 11.9. The molecule has 37 heavy (non-hydrogen) atoms. The predicted octanol–water partition coefficient (Wildman–Crippen LogP) is 3.75. The fourth-order valence-corrected chi connectivity index (χ4v) is 6.91. The number of hydrogen-bond donors (Lipinski definition) is 4. The number of benzene rings is 2. The van der Waals surface area contributed by atoms with Crippen LogP contribution in [0.4, 0.5) is 5.69 Å². The van der Waals surface area contributed by atoms with E-state index in [-0.39, 0.29) is 12.0 Å². The van der Waals surface area contributed by atoms with Crippen molar-refractivity contribution >= 4 is 38.9 Å². The second-order valence-electron chi connectivity index (χ2n) is 9.97. The van der Waals surface area contributed by atoms with E-state index in [0.29, 0.717) is 50.5 Å². The van der Waals surface area contributed by atoms with Crippen LogP contribution in [0.15, 0.2) is 36.4 Å². The lowest BCUT2D eigenvalue weighted by Gasteiger charge is -2.47. The van der Waals surface area contributed by atoms with Crippen LogP contribution in [-0.4, -0.2) is 42.8 Å². The van der Waals surface area contributed by atoms with Gasteiger partial charge in [-0.05, 0) is 68.6 Å². The number of aliphatic hydroxyl groups excluding tert-OH is 1. The lowest BCUT2D eigenvalue weighted by Crippen LogP contribution is -2.56. The smallest absolute Gasteiger partial charge is 0.229 e. The number of rotatable bonds is 5. The monoisotopic (exact) mass is 561 g/mol. The Bertz CT molecular complexity index is 1490. The minimum Gasteiger partial charge on any atom is -0.390 e. The second kappa shape index (κ2) is 9.48. The number of nitrogens with one attached hydrogen (secondary N) is 2. The van der Waals surface area contributed by atoms with Crippen LogP contribution >= 0.6 is 23.2 Å². The lowest BCUT2D eigenvalue weighted by atomic mass is 9.63. The number of sulfonamides is 1. The molecular formula is C26H29Cl2N5O3S. The molecule has 0 radical (unpaired) electrons. The van der Waals surface area contributed by atoms with Crippen molar-refractivity contribution in [3.8, 4) is 11.3 Å². The summed E-state index contributed by atoms with van der Waals surface area (Å²) in [5.74, 6) is 0. The van der Waals surface area contributed by atoms with Crippen molar-refractivity contribution in [1.29, 1.82) is 0 Å². The fourth-order valence-electron chi connectivity index (χ4n) is 5.97. The first kappa shape index (κ1) is 26.3. The van der Waals surface area contributed by atoms with Gasteiger partial charge in [-0.1, -0.05) is 41.4 Å². The normalized spacial score (nSPS) is 20.7. The maximum absolute atomic E-state index is 11.9. The zero-order chi connectivity index (χ0) is 26.6. The zero-order valence-electron chi connectivity index (χ0n) is 20.6. The number of aliphatic hydroxyl groups is 1. The van der Waals surface area contributed by atoms with Crippen molar-refractivity contribution in [2.45, 2.75) is 38.3 Å². The highest BCUT2D eigenvalue weighted by molar-refractivity contribution is 7.92. The summed E-state index contributed by atoms with van der Waals surface area (Å²) in [7, 11) is -3.43. The van der Waals surface area contributed by atoms with Gasteiger partial charge >= 0.3 is 0 Å². The molecule has 2 aliphatic rings. The van der Waals surface area contributed by atoms with E-state index in [0.717, 1.165) is 43.3 Å². The molecule has 8 nitrogen and oxygen atoms in total. The molecule has 5 rings (SSSR count). The SMILES string of the molecule is Cc1nc([C@@]2(N)c3ccc(NS(C)(=O)=O)cc3CC23CCNCC3)c(CO)nc1-c1cccc(Cl)c1Cl. The molecule has 1 aliphatic carbocycles. The van der Waals surface area contributed by atoms with Gasteiger partial charge in [0.15, 0.2) is 0 Å². The molecule has 3 aromatic rings. The molecule has 196 valence electrons. The number of aromatic nitrogens is 2. The number of nitrogens with zero attached hydrogens (tertiary/aromatic N) is 2. The van der Waals surface area contributed by atoms with Gasteiger partial charge in [0.2, 0.25) is 10.0 Å². The van der Waals surface area contributed by atoms with Crippen LogP contribution in [0.2, 0.25) is 10.0 Å². The topological polar surface area (TPSA) is 130 Å². The number of fused-ring (bicyclic) bond motifs is 1. The minimum atomic E-state index is -3.43. The van der Waals surface area contributed by atoms with Gasteiger partial charge in [0, 0.05) is 16.7 Å². The summed E-state index contributed by atoms with van der Waals surface area (Å²) >= 11 is 12.7. The fraction of sp³-hybridized carbons (Fsp3) is 0.385. The molecule has 2 aromatic carbocycles. The number of halogens is 2. The molecule has 11 heteroatoms.